The normalized spacial score (nSPS) is 10.8. The van der Waals surface area contributed by atoms with Crippen LogP contribution in [-0.2, 0) is 4.79 Å². The van der Waals surface area contributed by atoms with Gasteiger partial charge in [0.1, 0.15) is 17.4 Å². The molecular formula is C18H15Cl2N3O2. The van der Waals surface area contributed by atoms with E-state index in [0.717, 1.165) is 5.56 Å². The highest BCUT2D eigenvalue weighted by molar-refractivity contribution is 6.31. The SMILES string of the molecule is COc1cc(Cl)c(C)cc1N/C=C(/C#N)C(=O)Nc1ccc(Cl)cc1. The number of hydrogen-bond acceptors (Lipinski definition) is 4. The van der Waals surface area contributed by atoms with Crippen LogP contribution in [0.2, 0.25) is 10.0 Å². The Kier molecular flexibility index (Phi) is 6.29. The van der Waals surface area contributed by atoms with Gasteiger partial charge in [0.05, 0.1) is 12.8 Å². The van der Waals surface area contributed by atoms with Crippen molar-refractivity contribution >= 4 is 40.5 Å². The predicted octanol–water partition coefficient (Wildman–Crippen LogP) is 4.77. The van der Waals surface area contributed by atoms with Crippen molar-refractivity contribution in [1.82, 2.24) is 0 Å². The fraction of sp³-hybridized carbons (Fsp3) is 0.111. The summed E-state index contributed by atoms with van der Waals surface area (Å²) in [4.78, 5) is 12.2. The molecule has 2 aromatic rings. The lowest BCUT2D eigenvalue weighted by Crippen LogP contribution is -2.14. The number of ether oxygens (including phenoxy) is 1. The third-order valence-electron chi connectivity index (χ3n) is 3.32. The molecule has 0 spiro atoms. The van der Waals surface area contributed by atoms with Gasteiger partial charge in [-0.25, -0.2) is 0 Å². The lowest BCUT2D eigenvalue weighted by molar-refractivity contribution is -0.112. The highest BCUT2D eigenvalue weighted by Crippen LogP contribution is 2.31. The second-order valence-corrected chi connectivity index (χ2v) is 5.92. The van der Waals surface area contributed by atoms with Crippen LogP contribution < -0.4 is 15.4 Å². The van der Waals surface area contributed by atoms with Crippen LogP contribution in [-0.4, -0.2) is 13.0 Å². The van der Waals surface area contributed by atoms with E-state index in [2.05, 4.69) is 10.6 Å². The number of amides is 1. The quantitative estimate of drug-likeness (QED) is 0.582. The topological polar surface area (TPSA) is 74.1 Å². The fourth-order valence-corrected chi connectivity index (χ4v) is 2.25. The van der Waals surface area contributed by atoms with Gasteiger partial charge in [-0.1, -0.05) is 23.2 Å². The molecule has 1 amide bonds. The van der Waals surface area contributed by atoms with E-state index in [9.17, 15) is 10.1 Å². The Morgan fingerprint density at radius 1 is 1.24 bits per heavy atom. The number of benzene rings is 2. The average Bonchev–Trinajstić information content (AvgIpc) is 2.60. The number of hydrogen-bond donors (Lipinski definition) is 2. The van der Waals surface area contributed by atoms with Gasteiger partial charge in [0.2, 0.25) is 0 Å². The van der Waals surface area contributed by atoms with Crippen molar-refractivity contribution in [2.45, 2.75) is 6.92 Å². The minimum atomic E-state index is -0.540. The molecule has 2 rings (SSSR count). The van der Waals surface area contributed by atoms with Crippen LogP contribution in [0.15, 0.2) is 48.2 Å². The summed E-state index contributed by atoms with van der Waals surface area (Å²) in [6.07, 6.45) is 1.32. The monoisotopic (exact) mass is 375 g/mol. The molecule has 5 nitrogen and oxygen atoms in total. The summed E-state index contributed by atoms with van der Waals surface area (Å²) in [5.41, 5.74) is 1.87. The first-order valence-corrected chi connectivity index (χ1v) is 7.98. The van der Waals surface area contributed by atoms with Gasteiger partial charge in [0.15, 0.2) is 0 Å². The molecule has 0 aliphatic carbocycles. The second-order valence-electron chi connectivity index (χ2n) is 5.08. The number of nitrogens with zero attached hydrogens (tertiary/aromatic N) is 1. The van der Waals surface area contributed by atoms with Gasteiger partial charge in [-0.05, 0) is 42.8 Å². The molecule has 0 unspecified atom stereocenters. The zero-order valence-electron chi connectivity index (χ0n) is 13.6. The molecule has 0 atom stereocenters. The summed E-state index contributed by atoms with van der Waals surface area (Å²) in [6.45, 7) is 1.84. The molecule has 0 fully saturated rings. The van der Waals surface area contributed by atoms with Crippen LogP contribution >= 0.6 is 23.2 Å². The van der Waals surface area contributed by atoms with E-state index in [1.165, 1.54) is 13.3 Å². The number of aryl methyl sites for hydroxylation is 1. The molecule has 0 bridgehead atoms. The maximum absolute atomic E-state index is 12.2. The Balaban J connectivity index is 2.17. The fourth-order valence-electron chi connectivity index (χ4n) is 1.98. The number of anilines is 2. The zero-order valence-corrected chi connectivity index (χ0v) is 15.1. The van der Waals surface area contributed by atoms with Crippen LogP contribution in [0.5, 0.6) is 5.75 Å². The molecule has 2 N–H and O–H groups in total. The van der Waals surface area contributed by atoms with Gasteiger partial charge in [0, 0.05) is 28.0 Å². The molecule has 25 heavy (non-hydrogen) atoms. The Hall–Kier alpha value is -2.68. The number of rotatable bonds is 5. The highest BCUT2D eigenvalue weighted by Gasteiger charge is 2.11. The van der Waals surface area contributed by atoms with E-state index in [-0.39, 0.29) is 5.57 Å². The van der Waals surface area contributed by atoms with Crippen LogP contribution in [0.25, 0.3) is 0 Å². The van der Waals surface area contributed by atoms with Crippen molar-refractivity contribution in [3.05, 3.63) is 63.8 Å². The molecule has 128 valence electrons. The van der Waals surface area contributed by atoms with Gasteiger partial charge in [-0.2, -0.15) is 5.26 Å². The summed E-state index contributed by atoms with van der Waals surface area (Å²) >= 11 is 11.9. The molecule has 0 heterocycles. The van der Waals surface area contributed by atoms with E-state index in [1.807, 2.05) is 13.0 Å². The first kappa shape index (κ1) is 18.7. The van der Waals surface area contributed by atoms with Gasteiger partial charge < -0.3 is 15.4 Å². The lowest BCUT2D eigenvalue weighted by Gasteiger charge is -2.11. The minimum absolute atomic E-state index is 0.0930. The molecular weight excluding hydrogens is 361 g/mol. The van der Waals surface area contributed by atoms with Crippen molar-refractivity contribution in [3.63, 3.8) is 0 Å². The third-order valence-corrected chi connectivity index (χ3v) is 3.98. The second kappa shape index (κ2) is 8.43. The van der Waals surface area contributed by atoms with E-state index in [0.29, 0.717) is 27.2 Å². The number of carbonyl (C=O) groups excluding carboxylic acids is 1. The van der Waals surface area contributed by atoms with Crippen molar-refractivity contribution in [2.75, 3.05) is 17.7 Å². The third kappa shape index (κ3) is 4.90. The van der Waals surface area contributed by atoms with Crippen molar-refractivity contribution in [2.24, 2.45) is 0 Å². The first-order chi connectivity index (χ1) is 11.9. The number of halogens is 2. The Morgan fingerprint density at radius 2 is 1.92 bits per heavy atom. The Bertz CT molecular complexity index is 856. The van der Waals surface area contributed by atoms with Crippen LogP contribution in [0.1, 0.15) is 5.56 Å². The van der Waals surface area contributed by atoms with Gasteiger partial charge >= 0.3 is 0 Å². The summed E-state index contributed by atoms with van der Waals surface area (Å²) in [5.74, 6) is -0.0378. The molecule has 0 aliphatic rings. The molecule has 0 saturated carbocycles. The highest BCUT2D eigenvalue weighted by atomic mass is 35.5. The number of nitriles is 1. The maximum atomic E-state index is 12.2. The van der Waals surface area contributed by atoms with Crippen molar-refractivity contribution < 1.29 is 9.53 Å². The van der Waals surface area contributed by atoms with Crippen molar-refractivity contribution in [1.29, 1.82) is 5.26 Å². The Labute approximate surface area is 155 Å². The molecule has 0 aliphatic heterocycles. The van der Waals surface area contributed by atoms with E-state index >= 15 is 0 Å². The summed E-state index contributed by atoms with van der Waals surface area (Å²) in [6, 6.07) is 11.9. The average molecular weight is 376 g/mol. The van der Waals surface area contributed by atoms with Crippen LogP contribution in [0.4, 0.5) is 11.4 Å². The van der Waals surface area contributed by atoms with E-state index in [1.54, 1.807) is 36.4 Å². The predicted molar refractivity (Wildman–Crippen MR) is 100 cm³/mol. The van der Waals surface area contributed by atoms with Gasteiger partial charge in [-0.3, -0.25) is 4.79 Å². The largest absolute Gasteiger partial charge is 0.495 e. The van der Waals surface area contributed by atoms with Gasteiger partial charge in [-0.15, -0.1) is 0 Å². The number of carbonyl (C=O) groups is 1. The number of methoxy groups -OCH3 is 1. The van der Waals surface area contributed by atoms with Crippen LogP contribution in [0.3, 0.4) is 0 Å². The van der Waals surface area contributed by atoms with E-state index < -0.39 is 5.91 Å². The lowest BCUT2D eigenvalue weighted by atomic mass is 10.2. The Morgan fingerprint density at radius 3 is 2.52 bits per heavy atom. The molecule has 7 heteroatoms. The molecule has 0 saturated heterocycles. The van der Waals surface area contributed by atoms with Crippen molar-refractivity contribution in [3.8, 4) is 11.8 Å². The molecule has 0 radical (unpaired) electrons. The summed E-state index contributed by atoms with van der Waals surface area (Å²) in [7, 11) is 1.51. The zero-order chi connectivity index (χ0) is 18.4. The summed E-state index contributed by atoms with van der Waals surface area (Å²) in [5, 5.41) is 15.9. The molecule has 0 aromatic heterocycles. The maximum Gasteiger partial charge on any atom is 0.267 e. The molecule has 2 aromatic carbocycles. The standard InChI is InChI=1S/C18H15Cl2N3O2/c1-11-7-16(17(25-2)8-15(11)20)22-10-12(9-21)18(24)23-14-5-3-13(19)4-6-14/h3-8,10,22H,1-2H3,(H,23,24)/b12-10-. The first-order valence-electron chi connectivity index (χ1n) is 7.22. The van der Waals surface area contributed by atoms with Crippen LogP contribution in [0, 0.1) is 18.3 Å². The smallest absolute Gasteiger partial charge is 0.267 e. The van der Waals surface area contributed by atoms with Gasteiger partial charge in [0.25, 0.3) is 5.91 Å². The number of nitrogens with one attached hydrogen (secondary N) is 2. The summed E-state index contributed by atoms with van der Waals surface area (Å²) < 4.78 is 5.24. The minimum Gasteiger partial charge on any atom is -0.495 e. The van der Waals surface area contributed by atoms with E-state index in [4.69, 9.17) is 27.9 Å².